The Bertz CT molecular complexity index is 646. The molecule has 0 unspecified atom stereocenters. The minimum absolute atomic E-state index is 0.164. The molecule has 1 N–H and O–H groups in total. The molecule has 5 nitrogen and oxygen atoms in total. The molecule has 21 heavy (non-hydrogen) atoms. The molecule has 1 aromatic carbocycles. The first-order chi connectivity index (χ1) is 9.77. The van der Waals surface area contributed by atoms with Crippen molar-refractivity contribution in [2.75, 3.05) is 24.7 Å². The topological polar surface area (TPSA) is 66.5 Å². The lowest BCUT2D eigenvalue weighted by atomic mass is 9.98. The van der Waals surface area contributed by atoms with E-state index < -0.39 is 10.0 Å². The summed E-state index contributed by atoms with van der Waals surface area (Å²) in [5.74, 6) is -0.489. The number of nitrogens with zero attached hydrogens (tertiary/aromatic N) is 1. The number of hydrogen-bond acceptors (Lipinski definition) is 3. The van der Waals surface area contributed by atoms with Crippen LogP contribution in [0.3, 0.4) is 0 Å². The van der Waals surface area contributed by atoms with Crippen molar-refractivity contribution in [3.8, 4) is 0 Å². The number of sulfonamides is 1. The average Bonchev–Trinajstić information content (AvgIpc) is 2.42. The lowest BCUT2D eigenvalue weighted by molar-refractivity contribution is -0.120. The van der Waals surface area contributed by atoms with Gasteiger partial charge in [-0.25, -0.2) is 12.7 Å². The normalized spacial score (nSPS) is 20.2. The lowest BCUT2D eigenvalue weighted by Gasteiger charge is -2.30. The number of carbonyl (C=O) groups is 1. The predicted molar refractivity (Wildman–Crippen MR) is 84.0 cm³/mol. The van der Waals surface area contributed by atoms with Gasteiger partial charge in [-0.3, -0.25) is 4.79 Å². The van der Waals surface area contributed by atoms with Crippen LogP contribution < -0.4 is 5.32 Å². The number of anilines is 1. The minimum Gasteiger partial charge on any atom is -0.326 e. The van der Waals surface area contributed by atoms with E-state index in [-0.39, 0.29) is 18.4 Å². The van der Waals surface area contributed by atoms with Gasteiger partial charge in [0, 0.05) is 23.8 Å². The number of aryl methyl sites for hydroxylation is 1. The van der Waals surface area contributed by atoms with E-state index in [0.717, 1.165) is 5.56 Å². The fourth-order valence-corrected chi connectivity index (χ4v) is 3.46. The molecule has 1 heterocycles. The van der Waals surface area contributed by atoms with Crippen molar-refractivity contribution in [1.82, 2.24) is 4.31 Å². The molecule has 116 valence electrons. The van der Waals surface area contributed by atoms with Gasteiger partial charge in [-0.1, -0.05) is 17.7 Å². The summed E-state index contributed by atoms with van der Waals surface area (Å²) < 4.78 is 24.5. The average molecular weight is 331 g/mol. The van der Waals surface area contributed by atoms with Crippen LogP contribution >= 0.6 is 11.6 Å². The molecule has 0 radical (unpaired) electrons. The number of benzene rings is 1. The summed E-state index contributed by atoms with van der Waals surface area (Å²) in [5, 5.41) is 3.40. The van der Waals surface area contributed by atoms with Crippen molar-refractivity contribution < 1.29 is 13.2 Å². The van der Waals surface area contributed by atoms with Gasteiger partial charge in [-0.2, -0.15) is 0 Å². The van der Waals surface area contributed by atoms with Crippen LogP contribution in [0.4, 0.5) is 5.69 Å². The number of rotatable bonds is 3. The Morgan fingerprint density at radius 1 is 1.43 bits per heavy atom. The Labute approximate surface area is 130 Å². The predicted octanol–water partition coefficient (Wildman–Crippen LogP) is 2.26. The number of halogens is 1. The molecule has 0 aliphatic carbocycles. The Balaban J connectivity index is 2.04. The molecular weight excluding hydrogens is 312 g/mol. The first-order valence-electron chi connectivity index (χ1n) is 6.79. The standard InChI is InChI=1S/C14H19ClN2O3S/c1-10-5-6-12(8-13(10)15)16-14(18)11-4-3-7-17(9-11)21(2,19)20/h5-6,8,11H,3-4,7,9H2,1-2H3,(H,16,18)/t11-/m0/s1. The number of hydrogen-bond donors (Lipinski definition) is 1. The Kier molecular flexibility index (Phi) is 4.91. The maximum atomic E-state index is 12.3. The summed E-state index contributed by atoms with van der Waals surface area (Å²) in [4.78, 5) is 12.3. The largest absolute Gasteiger partial charge is 0.326 e. The van der Waals surface area contributed by atoms with Crippen molar-refractivity contribution in [1.29, 1.82) is 0 Å². The van der Waals surface area contributed by atoms with Crippen LogP contribution in [0, 0.1) is 12.8 Å². The SMILES string of the molecule is Cc1ccc(NC(=O)[C@H]2CCCN(S(C)(=O)=O)C2)cc1Cl. The van der Waals surface area contributed by atoms with Gasteiger partial charge < -0.3 is 5.32 Å². The van der Waals surface area contributed by atoms with Crippen molar-refractivity contribution >= 4 is 33.2 Å². The second-order valence-electron chi connectivity index (χ2n) is 5.41. The lowest BCUT2D eigenvalue weighted by Crippen LogP contribution is -2.43. The Hall–Kier alpha value is -1.11. The van der Waals surface area contributed by atoms with Gasteiger partial charge >= 0.3 is 0 Å². The Morgan fingerprint density at radius 3 is 2.76 bits per heavy atom. The third-order valence-corrected chi connectivity index (χ3v) is 5.34. The van der Waals surface area contributed by atoms with E-state index in [4.69, 9.17) is 11.6 Å². The van der Waals surface area contributed by atoms with Gasteiger partial charge in [-0.15, -0.1) is 0 Å². The molecule has 1 atom stereocenters. The van der Waals surface area contributed by atoms with Crippen LogP contribution in [-0.4, -0.2) is 38.0 Å². The zero-order valence-corrected chi connectivity index (χ0v) is 13.7. The highest BCUT2D eigenvalue weighted by Crippen LogP contribution is 2.23. The van der Waals surface area contributed by atoms with Gasteiger partial charge in [0.25, 0.3) is 0 Å². The molecular formula is C14H19ClN2O3S. The molecule has 1 aliphatic heterocycles. The van der Waals surface area contributed by atoms with E-state index in [9.17, 15) is 13.2 Å². The highest BCUT2D eigenvalue weighted by molar-refractivity contribution is 7.88. The van der Waals surface area contributed by atoms with Gasteiger partial charge in [-0.05, 0) is 37.5 Å². The van der Waals surface area contributed by atoms with Crippen molar-refractivity contribution in [2.45, 2.75) is 19.8 Å². The van der Waals surface area contributed by atoms with E-state index >= 15 is 0 Å². The summed E-state index contributed by atoms with van der Waals surface area (Å²) in [6.45, 7) is 2.61. The summed E-state index contributed by atoms with van der Waals surface area (Å²) in [6.07, 6.45) is 2.56. The first kappa shape index (κ1) is 16.3. The smallest absolute Gasteiger partial charge is 0.228 e. The van der Waals surface area contributed by atoms with Crippen LogP contribution in [0.15, 0.2) is 18.2 Å². The van der Waals surface area contributed by atoms with E-state index in [1.807, 2.05) is 13.0 Å². The fraction of sp³-hybridized carbons (Fsp3) is 0.500. The molecule has 1 aliphatic rings. The first-order valence-corrected chi connectivity index (χ1v) is 9.02. The summed E-state index contributed by atoms with van der Waals surface area (Å²) in [7, 11) is -3.25. The monoisotopic (exact) mass is 330 g/mol. The zero-order chi connectivity index (χ0) is 15.6. The molecule has 0 saturated carbocycles. The van der Waals surface area contributed by atoms with Crippen LogP contribution in [0.2, 0.25) is 5.02 Å². The summed E-state index contributed by atoms with van der Waals surface area (Å²) in [6, 6.07) is 5.32. The van der Waals surface area contributed by atoms with Crippen molar-refractivity contribution in [3.63, 3.8) is 0 Å². The second kappa shape index (κ2) is 6.34. The van der Waals surface area contributed by atoms with Gasteiger partial charge in [0.1, 0.15) is 0 Å². The van der Waals surface area contributed by atoms with Crippen LogP contribution in [0.25, 0.3) is 0 Å². The van der Waals surface area contributed by atoms with E-state index in [1.165, 1.54) is 10.6 Å². The molecule has 0 aromatic heterocycles. The minimum atomic E-state index is -3.25. The fourth-order valence-electron chi connectivity index (χ4n) is 2.37. The quantitative estimate of drug-likeness (QED) is 0.924. The molecule has 1 amide bonds. The molecule has 0 bridgehead atoms. The van der Waals surface area contributed by atoms with Gasteiger partial charge in [0.05, 0.1) is 12.2 Å². The molecule has 7 heteroatoms. The Morgan fingerprint density at radius 2 is 2.14 bits per heavy atom. The van der Waals surface area contributed by atoms with E-state index in [0.29, 0.717) is 30.1 Å². The maximum Gasteiger partial charge on any atom is 0.228 e. The third-order valence-electron chi connectivity index (χ3n) is 3.66. The highest BCUT2D eigenvalue weighted by atomic mass is 35.5. The number of carbonyl (C=O) groups excluding carboxylic acids is 1. The summed E-state index contributed by atoms with van der Waals surface area (Å²) >= 11 is 6.03. The maximum absolute atomic E-state index is 12.3. The highest BCUT2D eigenvalue weighted by Gasteiger charge is 2.30. The van der Waals surface area contributed by atoms with Crippen LogP contribution in [0.1, 0.15) is 18.4 Å². The number of amides is 1. The van der Waals surface area contributed by atoms with Crippen LogP contribution in [-0.2, 0) is 14.8 Å². The van der Waals surface area contributed by atoms with E-state index in [1.54, 1.807) is 12.1 Å². The molecule has 0 spiro atoms. The van der Waals surface area contributed by atoms with Gasteiger partial charge in [0.15, 0.2) is 0 Å². The third kappa shape index (κ3) is 4.18. The second-order valence-corrected chi connectivity index (χ2v) is 7.80. The molecule has 1 saturated heterocycles. The van der Waals surface area contributed by atoms with Crippen LogP contribution in [0.5, 0.6) is 0 Å². The van der Waals surface area contributed by atoms with Crippen molar-refractivity contribution in [2.24, 2.45) is 5.92 Å². The number of nitrogens with one attached hydrogen (secondary N) is 1. The summed E-state index contributed by atoms with van der Waals surface area (Å²) in [5.41, 5.74) is 1.57. The number of piperidine rings is 1. The molecule has 2 rings (SSSR count). The molecule has 1 aromatic rings. The zero-order valence-electron chi connectivity index (χ0n) is 12.1. The van der Waals surface area contributed by atoms with E-state index in [2.05, 4.69) is 5.32 Å². The van der Waals surface area contributed by atoms with Gasteiger partial charge in [0.2, 0.25) is 15.9 Å². The van der Waals surface area contributed by atoms with Crippen molar-refractivity contribution in [3.05, 3.63) is 28.8 Å². The molecule has 1 fully saturated rings.